The number of rotatable bonds is 9. The summed E-state index contributed by atoms with van der Waals surface area (Å²) in [4.78, 5) is 23.4. The first-order valence-electron chi connectivity index (χ1n) is 12.3. The van der Waals surface area contributed by atoms with Gasteiger partial charge in [0.05, 0.1) is 47.9 Å². The number of carbonyl (C=O) groups is 1. The Labute approximate surface area is 243 Å². The van der Waals surface area contributed by atoms with Crippen molar-refractivity contribution in [3.63, 3.8) is 0 Å². The number of imidazole rings is 1. The van der Waals surface area contributed by atoms with Gasteiger partial charge in [-0.15, -0.1) is 0 Å². The Bertz CT molecular complexity index is 1620. The van der Waals surface area contributed by atoms with Crippen LogP contribution in [-0.4, -0.2) is 60.6 Å². The molecule has 9 nitrogen and oxygen atoms in total. The SMILES string of the molecule is Cn1cnc(C(O)(CF)c2cc(F)c3c(c2)C(=O)N(Cc2ncc(Cl)cc2O)[C@@]3(OCCO)c2ccc(Cl)cc2)c1. The van der Waals surface area contributed by atoms with Crippen molar-refractivity contribution in [1.82, 2.24) is 19.4 Å². The number of pyridine rings is 1. The number of aliphatic hydroxyl groups excluding tert-OH is 1. The maximum absolute atomic E-state index is 16.4. The number of alkyl halides is 1. The molecular formula is C28H24Cl2F2N4O5. The molecule has 1 unspecified atom stereocenters. The molecule has 2 aromatic heterocycles. The zero-order valence-corrected chi connectivity index (χ0v) is 23.1. The van der Waals surface area contributed by atoms with Crippen molar-refractivity contribution < 1.29 is 33.6 Å². The van der Waals surface area contributed by atoms with Crippen molar-refractivity contribution in [3.8, 4) is 5.75 Å². The van der Waals surface area contributed by atoms with Crippen molar-refractivity contribution in [3.05, 3.63) is 111 Å². The van der Waals surface area contributed by atoms with Crippen LogP contribution in [-0.2, 0) is 29.7 Å². The number of hydrogen-bond acceptors (Lipinski definition) is 7. The number of carbonyl (C=O) groups excluding carboxylic acids is 1. The number of amides is 1. The Morgan fingerprint density at radius 1 is 1.12 bits per heavy atom. The van der Waals surface area contributed by atoms with Gasteiger partial charge < -0.3 is 24.6 Å². The zero-order chi connectivity index (χ0) is 29.5. The number of hydrogen-bond donors (Lipinski definition) is 3. The molecule has 3 heterocycles. The minimum absolute atomic E-state index is 0.0240. The number of nitrogens with zero attached hydrogens (tertiary/aromatic N) is 4. The average Bonchev–Trinajstić information content (AvgIpc) is 3.49. The molecule has 2 atom stereocenters. The summed E-state index contributed by atoms with van der Waals surface area (Å²) in [6, 6.07) is 9.46. The summed E-state index contributed by atoms with van der Waals surface area (Å²) in [5.74, 6) is -2.08. The molecule has 0 spiro atoms. The van der Waals surface area contributed by atoms with E-state index < -0.39 is 36.3 Å². The Hall–Kier alpha value is -3.61. The molecule has 0 radical (unpaired) electrons. The lowest BCUT2D eigenvalue weighted by atomic mass is 9.86. The van der Waals surface area contributed by atoms with Gasteiger partial charge in [0.15, 0.2) is 11.3 Å². The molecule has 0 bridgehead atoms. The van der Waals surface area contributed by atoms with Crippen LogP contribution in [0.4, 0.5) is 8.78 Å². The maximum atomic E-state index is 16.4. The topological polar surface area (TPSA) is 121 Å². The second-order valence-corrected chi connectivity index (χ2v) is 10.4. The predicted molar refractivity (Wildman–Crippen MR) is 145 cm³/mol. The molecule has 41 heavy (non-hydrogen) atoms. The van der Waals surface area contributed by atoms with Crippen LogP contribution < -0.4 is 0 Å². The monoisotopic (exact) mass is 604 g/mol. The van der Waals surface area contributed by atoms with Gasteiger partial charge in [-0.3, -0.25) is 14.7 Å². The van der Waals surface area contributed by atoms with Gasteiger partial charge in [-0.2, -0.15) is 0 Å². The van der Waals surface area contributed by atoms with Crippen molar-refractivity contribution in [2.45, 2.75) is 17.9 Å². The lowest BCUT2D eigenvalue weighted by Gasteiger charge is -2.39. The summed E-state index contributed by atoms with van der Waals surface area (Å²) in [5, 5.41) is 32.0. The first-order chi connectivity index (χ1) is 19.5. The zero-order valence-electron chi connectivity index (χ0n) is 21.6. The fourth-order valence-electron chi connectivity index (χ4n) is 5.02. The van der Waals surface area contributed by atoms with Gasteiger partial charge in [0.1, 0.15) is 23.9 Å². The Morgan fingerprint density at radius 2 is 1.85 bits per heavy atom. The van der Waals surface area contributed by atoms with E-state index in [2.05, 4.69) is 9.97 Å². The standard InChI is InChI=1S/C28H24Cl2F2N4O5/c1-35-13-24(34-15-35)27(40,14-31)17-8-20-25(21(32)9-17)28(41-7-6-37,16-2-4-18(29)5-3-16)36(26(20)39)12-22-23(38)10-19(30)11-33-22/h2-5,8-11,13,15,37-38,40H,6-7,12,14H2,1H3/t27?,28-/m1/s1. The Morgan fingerprint density at radius 3 is 2.46 bits per heavy atom. The van der Waals surface area contributed by atoms with Gasteiger partial charge >= 0.3 is 0 Å². The van der Waals surface area contributed by atoms with Gasteiger partial charge in [0, 0.05) is 36.1 Å². The molecule has 3 N–H and O–H groups in total. The normalized spacial score (nSPS) is 18.0. The minimum Gasteiger partial charge on any atom is -0.506 e. The third-order valence-corrected chi connectivity index (χ3v) is 7.40. The number of fused-ring (bicyclic) bond motifs is 1. The number of aromatic nitrogens is 3. The lowest BCUT2D eigenvalue weighted by Crippen LogP contribution is -2.47. The van der Waals surface area contributed by atoms with Crippen LogP contribution in [0.1, 0.15) is 38.4 Å². The molecule has 0 saturated heterocycles. The summed E-state index contributed by atoms with van der Waals surface area (Å²) in [6.45, 7) is -2.54. The van der Waals surface area contributed by atoms with Gasteiger partial charge in [-0.1, -0.05) is 35.3 Å². The van der Waals surface area contributed by atoms with Crippen LogP contribution in [0.2, 0.25) is 10.0 Å². The fraction of sp³-hybridized carbons (Fsp3) is 0.250. The van der Waals surface area contributed by atoms with Crippen molar-refractivity contribution >= 4 is 29.1 Å². The molecule has 13 heteroatoms. The second-order valence-electron chi connectivity index (χ2n) is 9.53. The number of aryl methyl sites for hydroxylation is 1. The molecule has 1 aliphatic rings. The Kier molecular flexibility index (Phi) is 7.75. The number of benzene rings is 2. The van der Waals surface area contributed by atoms with E-state index in [4.69, 9.17) is 27.9 Å². The summed E-state index contributed by atoms with van der Waals surface area (Å²) >= 11 is 12.1. The summed E-state index contributed by atoms with van der Waals surface area (Å²) in [7, 11) is 1.62. The van der Waals surface area contributed by atoms with E-state index in [1.165, 1.54) is 59.7 Å². The van der Waals surface area contributed by atoms with Crippen molar-refractivity contribution in [1.29, 1.82) is 0 Å². The molecule has 0 saturated carbocycles. The molecule has 0 aliphatic carbocycles. The molecular weight excluding hydrogens is 581 g/mol. The smallest absolute Gasteiger partial charge is 0.257 e. The second kappa shape index (κ2) is 11.0. The molecule has 1 amide bonds. The molecule has 4 aromatic rings. The summed E-state index contributed by atoms with van der Waals surface area (Å²) in [5.41, 5.74) is -4.85. The average molecular weight is 605 g/mol. The van der Waals surface area contributed by atoms with E-state index in [-0.39, 0.29) is 57.6 Å². The minimum atomic E-state index is -2.37. The van der Waals surface area contributed by atoms with Gasteiger partial charge in [0.25, 0.3) is 5.91 Å². The van der Waals surface area contributed by atoms with E-state index in [0.717, 1.165) is 11.0 Å². The van der Waals surface area contributed by atoms with Crippen LogP contribution in [0.25, 0.3) is 0 Å². The van der Waals surface area contributed by atoms with Gasteiger partial charge in [-0.05, 0) is 29.8 Å². The first-order valence-corrected chi connectivity index (χ1v) is 13.1. The number of ether oxygens (including phenoxy) is 1. The fourth-order valence-corrected chi connectivity index (χ4v) is 5.29. The maximum Gasteiger partial charge on any atom is 0.257 e. The highest BCUT2D eigenvalue weighted by molar-refractivity contribution is 6.30. The molecule has 5 rings (SSSR count). The van der Waals surface area contributed by atoms with E-state index >= 15 is 4.39 Å². The van der Waals surface area contributed by atoms with Gasteiger partial charge in [0.2, 0.25) is 0 Å². The van der Waals surface area contributed by atoms with Crippen LogP contribution in [0, 0.1) is 5.82 Å². The first kappa shape index (κ1) is 28.9. The van der Waals surface area contributed by atoms with Crippen molar-refractivity contribution in [2.24, 2.45) is 7.05 Å². The molecule has 2 aromatic carbocycles. The number of halogens is 4. The molecule has 1 aliphatic heterocycles. The summed E-state index contributed by atoms with van der Waals surface area (Å²) in [6.07, 6.45) is 4.01. The number of aliphatic hydroxyl groups is 2. The lowest BCUT2D eigenvalue weighted by molar-refractivity contribution is -0.120. The van der Waals surface area contributed by atoms with E-state index in [9.17, 15) is 24.5 Å². The molecule has 0 fully saturated rings. The Balaban J connectivity index is 1.76. The highest BCUT2D eigenvalue weighted by atomic mass is 35.5. The van der Waals surface area contributed by atoms with E-state index in [0.29, 0.717) is 5.02 Å². The van der Waals surface area contributed by atoms with Crippen LogP contribution >= 0.6 is 23.2 Å². The largest absolute Gasteiger partial charge is 0.506 e. The van der Waals surface area contributed by atoms with Crippen LogP contribution in [0.3, 0.4) is 0 Å². The van der Waals surface area contributed by atoms with Crippen LogP contribution in [0.15, 0.2) is 61.2 Å². The third-order valence-electron chi connectivity index (χ3n) is 6.94. The predicted octanol–water partition coefficient (Wildman–Crippen LogP) is 4.04. The van der Waals surface area contributed by atoms with Crippen LogP contribution in [0.5, 0.6) is 5.75 Å². The van der Waals surface area contributed by atoms with Gasteiger partial charge in [-0.25, -0.2) is 13.8 Å². The quantitative estimate of drug-likeness (QED) is 0.264. The van der Waals surface area contributed by atoms with E-state index in [1.807, 2.05) is 0 Å². The number of aromatic hydroxyl groups is 1. The van der Waals surface area contributed by atoms with Crippen molar-refractivity contribution in [2.75, 3.05) is 19.9 Å². The third kappa shape index (κ3) is 4.83. The molecule has 214 valence electrons. The highest BCUT2D eigenvalue weighted by Gasteiger charge is 2.55. The highest BCUT2D eigenvalue weighted by Crippen LogP contribution is 2.49. The van der Waals surface area contributed by atoms with E-state index in [1.54, 1.807) is 7.05 Å². The summed E-state index contributed by atoms with van der Waals surface area (Å²) < 4.78 is 38.4.